The predicted octanol–water partition coefficient (Wildman–Crippen LogP) is 4.55. The molecule has 0 N–H and O–H groups in total. The zero-order valence-electron chi connectivity index (χ0n) is 14.2. The van der Waals surface area contributed by atoms with E-state index in [0.29, 0.717) is 12.2 Å². The molecular weight excluding hydrogens is 344 g/mol. The van der Waals surface area contributed by atoms with Gasteiger partial charge in [-0.2, -0.15) is 0 Å². The van der Waals surface area contributed by atoms with Gasteiger partial charge in [-0.05, 0) is 30.7 Å². The monoisotopic (exact) mass is 360 g/mol. The number of hydrogen-bond donors (Lipinski definition) is 0. The molecule has 0 atom stereocenters. The topological polar surface area (TPSA) is 59.0 Å². The first kappa shape index (κ1) is 16.4. The lowest BCUT2D eigenvalue weighted by Gasteiger charge is -2.22. The van der Waals surface area contributed by atoms with Crippen molar-refractivity contribution in [2.45, 2.75) is 13.5 Å². The first-order valence-corrected chi connectivity index (χ1v) is 9.01. The van der Waals surface area contributed by atoms with Gasteiger partial charge in [0.2, 0.25) is 0 Å². The van der Waals surface area contributed by atoms with Crippen LogP contribution < -0.4 is 4.90 Å². The van der Waals surface area contributed by atoms with E-state index in [0.717, 1.165) is 38.6 Å². The summed E-state index contributed by atoms with van der Waals surface area (Å²) in [6, 6.07) is 16.2. The maximum absolute atomic E-state index is 11.2. The average molecular weight is 360 g/mol. The van der Waals surface area contributed by atoms with Gasteiger partial charge in [-0.1, -0.05) is 30.3 Å². The van der Waals surface area contributed by atoms with Gasteiger partial charge in [0.15, 0.2) is 11.4 Å². The standard InChI is InChI=1S/C20H16N4OS/c1-14-19(13-25)23-20(26-14)24(12-15-5-3-2-4-6-15)16-7-8-17-18(11-16)22-10-9-21-17/h2-11,13H,12H2,1H3. The van der Waals surface area contributed by atoms with Crippen LogP contribution in [0.4, 0.5) is 10.8 Å². The Balaban J connectivity index is 1.81. The third-order valence-corrected chi connectivity index (χ3v) is 5.12. The quantitative estimate of drug-likeness (QED) is 0.489. The van der Waals surface area contributed by atoms with Gasteiger partial charge in [-0.3, -0.25) is 14.8 Å². The molecule has 26 heavy (non-hydrogen) atoms. The fraction of sp³-hybridized carbons (Fsp3) is 0.100. The predicted molar refractivity (Wildman–Crippen MR) is 104 cm³/mol. The zero-order valence-corrected chi connectivity index (χ0v) is 15.0. The Hall–Kier alpha value is -3.12. The Morgan fingerprint density at radius 3 is 2.54 bits per heavy atom. The maximum atomic E-state index is 11.2. The molecule has 0 spiro atoms. The van der Waals surface area contributed by atoms with Crippen LogP contribution in [0.25, 0.3) is 11.0 Å². The van der Waals surface area contributed by atoms with Crippen molar-refractivity contribution in [1.82, 2.24) is 15.0 Å². The molecule has 4 rings (SSSR count). The minimum absolute atomic E-state index is 0.489. The van der Waals surface area contributed by atoms with Crippen LogP contribution in [0.15, 0.2) is 60.9 Å². The van der Waals surface area contributed by atoms with Crippen molar-refractivity contribution in [3.05, 3.63) is 77.1 Å². The average Bonchev–Trinajstić information content (AvgIpc) is 3.07. The molecule has 0 aliphatic rings. The minimum Gasteiger partial charge on any atom is -0.313 e. The van der Waals surface area contributed by atoms with E-state index in [1.807, 2.05) is 43.3 Å². The summed E-state index contributed by atoms with van der Waals surface area (Å²) in [7, 11) is 0. The van der Waals surface area contributed by atoms with Crippen molar-refractivity contribution in [3.63, 3.8) is 0 Å². The van der Waals surface area contributed by atoms with Crippen LogP contribution >= 0.6 is 11.3 Å². The first-order valence-electron chi connectivity index (χ1n) is 8.19. The summed E-state index contributed by atoms with van der Waals surface area (Å²) in [6.45, 7) is 2.56. The number of carbonyl (C=O) groups excluding carboxylic acids is 1. The molecule has 0 radical (unpaired) electrons. The van der Waals surface area contributed by atoms with Gasteiger partial charge < -0.3 is 4.90 Å². The van der Waals surface area contributed by atoms with Gasteiger partial charge in [0, 0.05) is 23.0 Å². The normalized spacial score (nSPS) is 10.8. The molecule has 2 aromatic heterocycles. The van der Waals surface area contributed by atoms with Crippen molar-refractivity contribution in [3.8, 4) is 0 Å². The van der Waals surface area contributed by atoms with E-state index in [1.54, 1.807) is 12.4 Å². The summed E-state index contributed by atoms with van der Waals surface area (Å²) in [5, 5.41) is 0.789. The number of benzene rings is 2. The third-order valence-electron chi connectivity index (χ3n) is 4.11. The summed E-state index contributed by atoms with van der Waals surface area (Å²) < 4.78 is 0. The molecule has 4 aromatic rings. The smallest absolute Gasteiger partial charge is 0.191 e. The molecule has 0 aliphatic carbocycles. The number of fused-ring (bicyclic) bond motifs is 1. The Labute approximate surface area is 155 Å². The van der Waals surface area contributed by atoms with Gasteiger partial charge in [0.25, 0.3) is 0 Å². The number of hydrogen-bond acceptors (Lipinski definition) is 6. The van der Waals surface area contributed by atoms with Crippen molar-refractivity contribution in [2.75, 3.05) is 4.90 Å². The van der Waals surface area contributed by atoms with Crippen LogP contribution in [0, 0.1) is 6.92 Å². The number of nitrogens with zero attached hydrogens (tertiary/aromatic N) is 4. The van der Waals surface area contributed by atoms with E-state index >= 15 is 0 Å². The van der Waals surface area contributed by atoms with Crippen molar-refractivity contribution in [1.29, 1.82) is 0 Å². The second-order valence-electron chi connectivity index (χ2n) is 5.86. The molecule has 0 amide bonds. The molecular formula is C20H16N4OS. The summed E-state index contributed by atoms with van der Waals surface area (Å²) >= 11 is 1.51. The van der Waals surface area contributed by atoms with Crippen molar-refractivity contribution < 1.29 is 4.79 Å². The second-order valence-corrected chi connectivity index (χ2v) is 7.04. The maximum Gasteiger partial charge on any atom is 0.191 e. The molecule has 6 heteroatoms. The highest BCUT2D eigenvalue weighted by Crippen LogP contribution is 2.33. The molecule has 2 heterocycles. The lowest BCUT2D eigenvalue weighted by molar-refractivity contribution is 0.111. The molecule has 0 aliphatic heterocycles. The summed E-state index contributed by atoms with van der Waals surface area (Å²) in [5.41, 5.74) is 4.29. The third kappa shape index (κ3) is 3.19. The molecule has 0 saturated carbocycles. The van der Waals surface area contributed by atoms with E-state index in [1.165, 1.54) is 11.3 Å². The van der Waals surface area contributed by atoms with Crippen LogP contribution in [-0.2, 0) is 6.54 Å². The number of aryl methyl sites for hydroxylation is 1. The Kier molecular flexibility index (Phi) is 4.41. The number of aldehydes is 1. The summed E-state index contributed by atoms with van der Waals surface area (Å²) in [4.78, 5) is 27.5. The molecule has 0 saturated heterocycles. The van der Waals surface area contributed by atoms with Crippen LogP contribution in [-0.4, -0.2) is 21.2 Å². The van der Waals surface area contributed by atoms with Crippen LogP contribution in [0.5, 0.6) is 0 Å². The van der Waals surface area contributed by atoms with E-state index in [-0.39, 0.29) is 0 Å². The number of carbonyl (C=O) groups is 1. The number of thiazole rings is 1. The van der Waals surface area contributed by atoms with E-state index in [2.05, 4.69) is 32.0 Å². The minimum atomic E-state index is 0.489. The van der Waals surface area contributed by atoms with Gasteiger partial charge in [-0.15, -0.1) is 11.3 Å². The molecule has 128 valence electrons. The zero-order chi connectivity index (χ0) is 17.9. The molecule has 0 bridgehead atoms. The number of aromatic nitrogens is 3. The molecule has 5 nitrogen and oxygen atoms in total. The fourth-order valence-corrected chi connectivity index (χ4v) is 3.67. The highest BCUT2D eigenvalue weighted by atomic mass is 32.1. The fourth-order valence-electron chi connectivity index (χ4n) is 2.77. The lowest BCUT2D eigenvalue weighted by atomic mass is 10.2. The largest absolute Gasteiger partial charge is 0.313 e. The lowest BCUT2D eigenvalue weighted by Crippen LogP contribution is -2.16. The Morgan fingerprint density at radius 1 is 1.04 bits per heavy atom. The highest BCUT2D eigenvalue weighted by molar-refractivity contribution is 7.15. The Bertz CT molecular complexity index is 1060. The van der Waals surface area contributed by atoms with Crippen molar-refractivity contribution in [2.24, 2.45) is 0 Å². The SMILES string of the molecule is Cc1sc(N(Cc2ccccc2)c2ccc3nccnc3c2)nc1C=O. The molecule has 2 aromatic carbocycles. The number of rotatable bonds is 5. The van der Waals surface area contributed by atoms with Gasteiger partial charge in [-0.25, -0.2) is 4.98 Å². The number of anilines is 2. The van der Waals surface area contributed by atoms with E-state index in [9.17, 15) is 4.79 Å². The summed E-state index contributed by atoms with van der Waals surface area (Å²) in [6.07, 6.45) is 4.18. The van der Waals surface area contributed by atoms with E-state index in [4.69, 9.17) is 0 Å². The molecule has 0 fully saturated rings. The Morgan fingerprint density at radius 2 is 1.81 bits per heavy atom. The van der Waals surface area contributed by atoms with Crippen molar-refractivity contribution >= 4 is 39.5 Å². The second kappa shape index (κ2) is 7.01. The van der Waals surface area contributed by atoms with Gasteiger partial charge >= 0.3 is 0 Å². The van der Waals surface area contributed by atoms with Gasteiger partial charge in [0.1, 0.15) is 5.69 Å². The van der Waals surface area contributed by atoms with E-state index < -0.39 is 0 Å². The van der Waals surface area contributed by atoms with Crippen LogP contribution in [0.1, 0.15) is 20.9 Å². The first-order chi connectivity index (χ1) is 12.7. The van der Waals surface area contributed by atoms with Crippen LogP contribution in [0.2, 0.25) is 0 Å². The van der Waals surface area contributed by atoms with Gasteiger partial charge in [0.05, 0.1) is 17.6 Å². The molecule has 0 unspecified atom stereocenters. The van der Waals surface area contributed by atoms with Crippen LogP contribution in [0.3, 0.4) is 0 Å². The highest BCUT2D eigenvalue weighted by Gasteiger charge is 2.17. The summed E-state index contributed by atoms with van der Waals surface area (Å²) in [5.74, 6) is 0.